The van der Waals surface area contributed by atoms with Gasteiger partial charge in [0.05, 0.1) is 18.4 Å². The quantitative estimate of drug-likeness (QED) is 0.0564. The molecule has 3 unspecified atom stereocenters. The molecule has 0 saturated carbocycles. The molecule has 0 aliphatic rings. The van der Waals surface area contributed by atoms with E-state index in [4.69, 9.17) is 4.74 Å². The lowest BCUT2D eigenvalue weighted by atomic mass is 9.84. The number of carbonyl (C=O) groups excluding carboxylic acids is 1. The van der Waals surface area contributed by atoms with Crippen LogP contribution in [0.25, 0.3) is 0 Å². The van der Waals surface area contributed by atoms with Gasteiger partial charge in [-0.05, 0) is 18.8 Å². The number of carboxylic acids is 1. The maximum absolute atomic E-state index is 12.6. The van der Waals surface area contributed by atoms with Gasteiger partial charge in [0, 0.05) is 0 Å². The molecule has 262 valence electrons. The first-order valence-electron chi connectivity index (χ1n) is 19.8. The summed E-state index contributed by atoms with van der Waals surface area (Å²) in [7, 11) is 0. The number of unbranched alkanes of at least 4 members (excludes halogenated alkanes) is 26. The van der Waals surface area contributed by atoms with Gasteiger partial charge in [-0.3, -0.25) is 9.59 Å². The van der Waals surface area contributed by atoms with Crippen molar-refractivity contribution in [1.82, 2.24) is 0 Å². The van der Waals surface area contributed by atoms with Gasteiger partial charge in [0.25, 0.3) is 0 Å². The number of carboxylic acid groups (broad SMARTS) is 1. The largest absolute Gasteiger partial charge is 0.481 e. The lowest BCUT2D eigenvalue weighted by Gasteiger charge is -2.22. The van der Waals surface area contributed by atoms with Crippen LogP contribution in [0.4, 0.5) is 0 Å². The topological polar surface area (TPSA) is 63.6 Å². The molecule has 44 heavy (non-hydrogen) atoms. The van der Waals surface area contributed by atoms with E-state index in [2.05, 4.69) is 20.8 Å². The van der Waals surface area contributed by atoms with E-state index in [1.807, 2.05) is 0 Å². The number of esters is 1. The van der Waals surface area contributed by atoms with Crippen molar-refractivity contribution in [2.24, 2.45) is 17.8 Å². The summed E-state index contributed by atoms with van der Waals surface area (Å²) in [6.07, 6.45) is 38.7. The van der Waals surface area contributed by atoms with Crippen molar-refractivity contribution in [3.05, 3.63) is 0 Å². The number of aliphatic carboxylic acids is 1. The van der Waals surface area contributed by atoms with E-state index in [0.717, 1.165) is 25.7 Å². The first-order chi connectivity index (χ1) is 21.4. The SMILES string of the molecule is CCCCCCCCCCCCCCCCOC(=O)C(C)C(CC(C)CCCCCCCCCCCCCCCC)C(=O)O. The van der Waals surface area contributed by atoms with Gasteiger partial charge in [-0.25, -0.2) is 0 Å². The normalized spacial score (nSPS) is 13.5. The van der Waals surface area contributed by atoms with Crippen molar-refractivity contribution in [2.75, 3.05) is 6.61 Å². The molecule has 0 spiro atoms. The van der Waals surface area contributed by atoms with Crippen molar-refractivity contribution in [2.45, 2.75) is 220 Å². The van der Waals surface area contributed by atoms with Gasteiger partial charge in [-0.2, -0.15) is 0 Å². The van der Waals surface area contributed by atoms with Crippen LogP contribution >= 0.6 is 0 Å². The number of rotatable bonds is 35. The first-order valence-corrected chi connectivity index (χ1v) is 19.8. The summed E-state index contributed by atoms with van der Waals surface area (Å²) >= 11 is 0. The Morgan fingerprint density at radius 3 is 1.16 bits per heavy atom. The van der Waals surface area contributed by atoms with Gasteiger partial charge >= 0.3 is 11.9 Å². The minimum Gasteiger partial charge on any atom is -0.481 e. The highest BCUT2D eigenvalue weighted by Gasteiger charge is 2.32. The van der Waals surface area contributed by atoms with Crippen LogP contribution in [0.15, 0.2) is 0 Å². The monoisotopic (exact) mass is 623 g/mol. The van der Waals surface area contributed by atoms with Gasteiger partial charge in [-0.1, -0.05) is 207 Å². The zero-order valence-corrected chi connectivity index (χ0v) is 30.3. The maximum Gasteiger partial charge on any atom is 0.309 e. The van der Waals surface area contributed by atoms with Crippen LogP contribution in [0.2, 0.25) is 0 Å². The first kappa shape index (κ1) is 42.9. The molecule has 0 aromatic heterocycles. The summed E-state index contributed by atoms with van der Waals surface area (Å²) in [5, 5.41) is 9.83. The van der Waals surface area contributed by atoms with Crippen molar-refractivity contribution >= 4 is 11.9 Å². The molecule has 0 radical (unpaired) electrons. The molecule has 0 bridgehead atoms. The van der Waals surface area contributed by atoms with E-state index in [-0.39, 0.29) is 5.97 Å². The van der Waals surface area contributed by atoms with E-state index in [1.54, 1.807) is 6.92 Å². The Balaban J connectivity index is 3.77. The summed E-state index contributed by atoms with van der Waals surface area (Å²) < 4.78 is 5.51. The minimum absolute atomic E-state index is 0.314. The van der Waals surface area contributed by atoms with Crippen LogP contribution in [0.3, 0.4) is 0 Å². The van der Waals surface area contributed by atoms with E-state index in [9.17, 15) is 14.7 Å². The highest BCUT2D eigenvalue weighted by molar-refractivity contribution is 5.80. The van der Waals surface area contributed by atoms with Gasteiger partial charge in [0.2, 0.25) is 0 Å². The Hall–Kier alpha value is -1.06. The van der Waals surface area contributed by atoms with Crippen LogP contribution in [0.5, 0.6) is 0 Å². The zero-order valence-electron chi connectivity index (χ0n) is 30.3. The molecular formula is C40H78O4. The van der Waals surface area contributed by atoms with Crippen molar-refractivity contribution in [3.63, 3.8) is 0 Å². The number of carbonyl (C=O) groups is 2. The lowest BCUT2D eigenvalue weighted by Crippen LogP contribution is -2.30. The third-order valence-corrected chi connectivity index (χ3v) is 9.74. The fourth-order valence-corrected chi connectivity index (χ4v) is 6.52. The molecular weight excluding hydrogens is 544 g/mol. The van der Waals surface area contributed by atoms with E-state index >= 15 is 0 Å². The molecule has 0 heterocycles. The molecule has 4 heteroatoms. The van der Waals surface area contributed by atoms with Gasteiger partial charge in [0.1, 0.15) is 0 Å². The lowest BCUT2D eigenvalue weighted by molar-refractivity contribution is -0.157. The summed E-state index contributed by atoms with van der Waals surface area (Å²) in [6, 6.07) is 0. The van der Waals surface area contributed by atoms with Crippen LogP contribution in [0.1, 0.15) is 220 Å². The van der Waals surface area contributed by atoms with Crippen molar-refractivity contribution < 1.29 is 19.4 Å². The average molecular weight is 623 g/mol. The van der Waals surface area contributed by atoms with Gasteiger partial charge < -0.3 is 9.84 Å². The summed E-state index contributed by atoms with van der Waals surface area (Å²) in [5.74, 6) is -2.12. The van der Waals surface area contributed by atoms with Crippen molar-refractivity contribution in [3.8, 4) is 0 Å². The Morgan fingerprint density at radius 1 is 0.500 bits per heavy atom. The van der Waals surface area contributed by atoms with E-state index in [1.165, 1.54) is 161 Å². The second-order valence-electron chi connectivity index (χ2n) is 14.2. The molecule has 0 rings (SSSR count). The van der Waals surface area contributed by atoms with Gasteiger partial charge in [-0.15, -0.1) is 0 Å². The average Bonchev–Trinajstić information content (AvgIpc) is 3.01. The molecule has 1 N–H and O–H groups in total. The summed E-state index contributed by atoms with van der Waals surface area (Å²) in [5.41, 5.74) is 0. The van der Waals surface area contributed by atoms with Crippen LogP contribution in [-0.4, -0.2) is 23.7 Å². The van der Waals surface area contributed by atoms with Crippen LogP contribution in [0, 0.1) is 17.8 Å². The fraction of sp³-hybridized carbons (Fsp3) is 0.950. The minimum atomic E-state index is -0.862. The second kappa shape index (κ2) is 33.3. The molecule has 3 atom stereocenters. The van der Waals surface area contributed by atoms with E-state index < -0.39 is 17.8 Å². The number of hydrogen-bond donors (Lipinski definition) is 1. The van der Waals surface area contributed by atoms with Gasteiger partial charge in [0.15, 0.2) is 0 Å². The Labute approximate surface area is 275 Å². The smallest absolute Gasteiger partial charge is 0.309 e. The van der Waals surface area contributed by atoms with Crippen LogP contribution in [-0.2, 0) is 14.3 Å². The number of ether oxygens (including phenoxy) is 1. The Bertz CT molecular complexity index is 618. The molecule has 0 amide bonds. The summed E-state index contributed by atoms with van der Waals surface area (Å²) in [4.78, 5) is 24.6. The molecule has 0 fully saturated rings. The molecule has 0 aliphatic heterocycles. The molecule has 0 aromatic carbocycles. The Morgan fingerprint density at radius 2 is 0.818 bits per heavy atom. The third-order valence-electron chi connectivity index (χ3n) is 9.74. The molecule has 0 aliphatic carbocycles. The predicted molar refractivity (Wildman–Crippen MR) is 190 cm³/mol. The second-order valence-corrected chi connectivity index (χ2v) is 14.2. The molecule has 0 saturated heterocycles. The number of hydrogen-bond acceptors (Lipinski definition) is 3. The molecule has 0 aromatic rings. The highest BCUT2D eigenvalue weighted by atomic mass is 16.5. The summed E-state index contributed by atoms with van der Waals surface area (Å²) in [6.45, 7) is 8.85. The third kappa shape index (κ3) is 28.4. The molecule has 4 nitrogen and oxygen atoms in total. The standard InChI is InChI=1S/C40H78O4/c1-5-7-9-11-13-15-17-19-21-23-25-27-29-31-33-36(3)35-38(39(41)42)37(4)40(43)44-34-32-30-28-26-24-22-20-18-16-14-12-10-8-6-2/h36-38H,5-35H2,1-4H3,(H,41,42). The zero-order chi connectivity index (χ0) is 32.5. The predicted octanol–water partition coefficient (Wildman–Crippen LogP) is 13.2. The van der Waals surface area contributed by atoms with E-state index in [0.29, 0.717) is 18.9 Å². The maximum atomic E-state index is 12.6. The van der Waals surface area contributed by atoms with Crippen LogP contribution < -0.4 is 0 Å². The Kier molecular flexibility index (Phi) is 32.5. The highest BCUT2D eigenvalue weighted by Crippen LogP contribution is 2.26. The fourth-order valence-electron chi connectivity index (χ4n) is 6.52. The van der Waals surface area contributed by atoms with Crippen molar-refractivity contribution in [1.29, 1.82) is 0 Å².